The van der Waals surface area contributed by atoms with Gasteiger partial charge in [-0.2, -0.15) is 0 Å². The Labute approximate surface area is 142 Å². The first-order valence-corrected chi connectivity index (χ1v) is 7.35. The summed E-state index contributed by atoms with van der Waals surface area (Å²) in [5.41, 5.74) is 7.93. The molecule has 1 unspecified atom stereocenters. The van der Waals surface area contributed by atoms with Gasteiger partial charge >= 0.3 is 11.9 Å². The largest absolute Gasteiger partial charge is 0.481 e. The molecule has 8 heteroatoms. The molecule has 0 aliphatic heterocycles. The van der Waals surface area contributed by atoms with Crippen molar-refractivity contribution in [2.75, 3.05) is 0 Å². The third-order valence-electron chi connectivity index (χ3n) is 5.49. The molecule has 6 N–H and O–H groups in total. The third kappa shape index (κ3) is 2.82. The van der Waals surface area contributed by atoms with Crippen molar-refractivity contribution >= 4 is 36.8 Å². The number of carbonyl (C=O) groups is 2. The molecule has 0 bridgehead atoms. The Balaban J connectivity index is 0.00000220. The van der Waals surface area contributed by atoms with Gasteiger partial charge in [0.05, 0.1) is 11.1 Å². The Morgan fingerprint density at radius 1 is 0.727 bits per heavy atom. The number of rotatable bonds is 3. The molecule has 0 aromatic rings. The predicted molar refractivity (Wildman–Crippen MR) is 87.3 cm³/mol. The van der Waals surface area contributed by atoms with E-state index in [9.17, 15) is 19.8 Å². The molecule has 2 aliphatic rings. The Morgan fingerprint density at radius 2 is 1.18 bits per heavy atom. The monoisotopic (exact) mass is 356 g/mol. The topological polar surface area (TPSA) is 127 Å². The Bertz CT molecular complexity index is 425. The van der Waals surface area contributed by atoms with E-state index in [-0.39, 0.29) is 31.2 Å². The van der Waals surface area contributed by atoms with E-state index < -0.39 is 28.4 Å². The molecule has 0 amide bonds. The van der Waals surface area contributed by atoms with Gasteiger partial charge in [-0.3, -0.25) is 9.59 Å². The van der Waals surface area contributed by atoms with Crippen LogP contribution in [-0.4, -0.2) is 27.8 Å². The highest BCUT2D eigenvalue weighted by Gasteiger charge is 2.68. The van der Waals surface area contributed by atoms with Crippen LogP contribution >= 0.6 is 24.8 Å². The molecule has 2 rings (SSSR count). The van der Waals surface area contributed by atoms with Crippen LogP contribution in [0.5, 0.6) is 0 Å². The van der Waals surface area contributed by atoms with E-state index in [1.165, 1.54) is 0 Å². The van der Waals surface area contributed by atoms with Crippen LogP contribution in [0.2, 0.25) is 0 Å². The second-order valence-electron chi connectivity index (χ2n) is 6.41. The first-order chi connectivity index (χ1) is 9.30. The van der Waals surface area contributed by atoms with Crippen LogP contribution in [0.25, 0.3) is 0 Å². The van der Waals surface area contributed by atoms with E-state index in [0.29, 0.717) is 25.7 Å². The molecule has 0 aromatic heterocycles. The summed E-state index contributed by atoms with van der Waals surface area (Å²) in [6.45, 7) is 0. The normalized spacial score (nSPS) is 29.5. The number of halogens is 2. The molecular formula is C14H26Cl2N2O4. The lowest BCUT2D eigenvalue weighted by molar-refractivity contribution is -0.192. The zero-order valence-corrected chi connectivity index (χ0v) is 14.2. The highest BCUT2D eigenvalue weighted by molar-refractivity contribution is 5.88. The van der Waals surface area contributed by atoms with Crippen LogP contribution < -0.4 is 11.5 Å². The van der Waals surface area contributed by atoms with Crippen molar-refractivity contribution in [2.24, 2.45) is 22.3 Å². The lowest BCUT2D eigenvalue weighted by Gasteiger charge is -2.56. The maximum absolute atomic E-state index is 12.1. The number of carboxylic acids is 2. The second-order valence-corrected chi connectivity index (χ2v) is 6.41. The molecule has 0 saturated heterocycles. The molecule has 0 heterocycles. The van der Waals surface area contributed by atoms with Crippen molar-refractivity contribution in [2.45, 2.75) is 63.5 Å². The van der Waals surface area contributed by atoms with Gasteiger partial charge in [0, 0.05) is 0 Å². The van der Waals surface area contributed by atoms with Gasteiger partial charge in [-0.1, -0.05) is 32.1 Å². The summed E-state index contributed by atoms with van der Waals surface area (Å²) < 4.78 is 0. The molecule has 0 aromatic carbocycles. The van der Waals surface area contributed by atoms with Crippen LogP contribution in [0.1, 0.15) is 57.8 Å². The van der Waals surface area contributed by atoms with Crippen LogP contribution in [0, 0.1) is 10.8 Å². The van der Waals surface area contributed by atoms with Gasteiger partial charge in [-0.25, -0.2) is 0 Å². The summed E-state index contributed by atoms with van der Waals surface area (Å²) in [7, 11) is 0. The Kier molecular flexibility index (Phi) is 7.15. The van der Waals surface area contributed by atoms with E-state index in [1.54, 1.807) is 0 Å². The second kappa shape index (κ2) is 7.34. The van der Waals surface area contributed by atoms with Crippen LogP contribution in [0.4, 0.5) is 0 Å². The van der Waals surface area contributed by atoms with Crippen LogP contribution in [-0.2, 0) is 9.59 Å². The highest BCUT2D eigenvalue weighted by Crippen LogP contribution is 2.58. The molecule has 2 fully saturated rings. The van der Waals surface area contributed by atoms with Gasteiger partial charge in [0.15, 0.2) is 0 Å². The summed E-state index contributed by atoms with van der Waals surface area (Å²) in [5.74, 6) is -2.20. The Hall–Kier alpha value is -0.560. The predicted octanol–water partition coefficient (Wildman–Crippen LogP) is 2.12. The first-order valence-electron chi connectivity index (χ1n) is 7.35. The smallest absolute Gasteiger partial charge is 0.314 e. The van der Waals surface area contributed by atoms with Gasteiger partial charge in [-0.15, -0.1) is 24.8 Å². The number of hydrogen-bond donors (Lipinski definition) is 4. The zero-order valence-electron chi connectivity index (χ0n) is 12.5. The summed E-state index contributed by atoms with van der Waals surface area (Å²) in [4.78, 5) is 24.1. The molecular weight excluding hydrogens is 331 g/mol. The minimum Gasteiger partial charge on any atom is -0.481 e. The molecule has 2 aliphatic carbocycles. The van der Waals surface area contributed by atoms with E-state index in [2.05, 4.69) is 0 Å². The lowest BCUT2D eigenvalue weighted by atomic mass is 9.48. The fourth-order valence-corrected chi connectivity index (χ4v) is 4.43. The SMILES string of the molecule is Cl.Cl.NC1(N)CCCCC1(C(=O)O)C1(C(=O)O)CCCCC1. The third-order valence-corrected chi connectivity index (χ3v) is 5.49. The summed E-state index contributed by atoms with van der Waals surface area (Å²) in [6, 6.07) is 0. The molecule has 2 saturated carbocycles. The average Bonchev–Trinajstić information content (AvgIpc) is 2.38. The van der Waals surface area contributed by atoms with Crippen molar-refractivity contribution in [1.82, 2.24) is 0 Å². The van der Waals surface area contributed by atoms with E-state index in [1.807, 2.05) is 0 Å². The van der Waals surface area contributed by atoms with E-state index in [0.717, 1.165) is 25.7 Å². The van der Waals surface area contributed by atoms with Gasteiger partial charge in [-0.05, 0) is 25.7 Å². The van der Waals surface area contributed by atoms with E-state index >= 15 is 0 Å². The summed E-state index contributed by atoms with van der Waals surface area (Å²) >= 11 is 0. The molecule has 22 heavy (non-hydrogen) atoms. The maximum atomic E-state index is 12.1. The number of carboxylic acid groups (broad SMARTS) is 2. The van der Waals surface area contributed by atoms with Crippen molar-refractivity contribution in [3.63, 3.8) is 0 Å². The fraction of sp³-hybridized carbons (Fsp3) is 0.857. The van der Waals surface area contributed by atoms with Gasteiger partial charge < -0.3 is 21.7 Å². The quantitative estimate of drug-likeness (QED) is 0.573. The van der Waals surface area contributed by atoms with Crippen molar-refractivity contribution < 1.29 is 19.8 Å². The molecule has 6 nitrogen and oxygen atoms in total. The van der Waals surface area contributed by atoms with Crippen molar-refractivity contribution in [3.05, 3.63) is 0 Å². The minimum absolute atomic E-state index is 0. The molecule has 0 radical (unpaired) electrons. The van der Waals surface area contributed by atoms with E-state index in [4.69, 9.17) is 11.5 Å². The fourth-order valence-electron chi connectivity index (χ4n) is 4.43. The number of nitrogens with two attached hydrogens (primary N) is 2. The van der Waals surface area contributed by atoms with Crippen LogP contribution in [0.15, 0.2) is 0 Å². The van der Waals surface area contributed by atoms with Gasteiger partial charge in [0.1, 0.15) is 5.41 Å². The number of aliphatic carboxylic acids is 2. The van der Waals surface area contributed by atoms with Crippen LogP contribution in [0.3, 0.4) is 0 Å². The summed E-state index contributed by atoms with van der Waals surface area (Å²) in [6.07, 6.45) is 5.10. The van der Waals surface area contributed by atoms with Crippen molar-refractivity contribution in [1.29, 1.82) is 0 Å². The average molecular weight is 357 g/mol. The lowest BCUT2D eigenvalue weighted by Crippen LogP contribution is -2.74. The summed E-state index contributed by atoms with van der Waals surface area (Å²) in [5, 5.41) is 19.7. The minimum atomic E-state index is -1.56. The van der Waals surface area contributed by atoms with Gasteiger partial charge in [0.2, 0.25) is 0 Å². The highest BCUT2D eigenvalue weighted by atomic mass is 35.5. The maximum Gasteiger partial charge on any atom is 0.314 e. The molecule has 0 spiro atoms. The molecule has 1 atom stereocenters. The standard InChI is InChI=1S/C14H24N2O4.2ClH/c15-14(16)9-5-4-8-13(14,11(19)20)12(10(17)18)6-2-1-3-7-12;;/h1-9,15-16H2,(H,17,18)(H,19,20);2*1H. The molecule has 130 valence electrons. The first kappa shape index (κ1) is 21.4. The number of hydrogen-bond acceptors (Lipinski definition) is 4. The van der Waals surface area contributed by atoms with Gasteiger partial charge in [0.25, 0.3) is 0 Å². The zero-order chi connectivity index (χ0) is 15.0. The van der Waals surface area contributed by atoms with Crippen molar-refractivity contribution in [3.8, 4) is 0 Å². The Morgan fingerprint density at radius 3 is 1.59 bits per heavy atom.